The molecule has 4 rings (SSSR count). The molecule has 0 N–H and O–H groups in total. The number of hydrogen-bond donors (Lipinski definition) is 0. The van der Waals surface area contributed by atoms with E-state index >= 15 is 0 Å². The van der Waals surface area contributed by atoms with Crippen LogP contribution in [0.4, 0.5) is 0 Å². The molecule has 1 unspecified atom stereocenters. The van der Waals surface area contributed by atoms with Crippen molar-refractivity contribution < 1.29 is 14.3 Å². The van der Waals surface area contributed by atoms with E-state index in [0.717, 1.165) is 57.0 Å². The molecule has 1 aliphatic heterocycles. The molecule has 174 valence electrons. The highest BCUT2D eigenvalue weighted by Gasteiger charge is 2.30. The first kappa shape index (κ1) is 23.1. The number of esters is 1. The van der Waals surface area contributed by atoms with Gasteiger partial charge in [-0.1, -0.05) is 39.0 Å². The monoisotopic (exact) mass is 437 g/mol. The zero-order valence-electron chi connectivity index (χ0n) is 20.2. The fourth-order valence-electron chi connectivity index (χ4n) is 5.50. The lowest BCUT2D eigenvalue weighted by atomic mass is 9.72. The van der Waals surface area contributed by atoms with Crippen molar-refractivity contribution in [3.05, 3.63) is 42.0 Å². The number of carbonyl (C=O) groups is 1. The van der Waals surface area contributed by atoms with Gasteiger partial charge in [0.05, 0.1) is 19.1 Å². The highest BCUT2D eigenvalue weighted by atomic mass is 16.5. The van der Waals surface area contributed by atoms with E-state index in [4.69, 9.17) is 9.47 Å². The van der Waals surface area contributed by atoms with Crippen LogP contribution in [0.3, 0.4) is 0 Å². The predicted molar refractivity (Wildman–Crippen MR) is 130 cm³/mol. The summed E-state index contributed by atoms with van der Waals surface area (Å²) in [7, 11) is 1.49. The van der Waals surface area contributed by atoms with Gasteiger partial charge in [0, 0.05) is 13.1 Å². The van der Waals surface area contributed by atoms with E-state index in [-0.39, 0.29) is 11.9 Å². The Morgan fingerprint density at radius 2 is 1.72 bits per heavy atom. The maximum absolute atomic E-state index is 11.9. The highest BCUT2D eigenvalue weighted by molar-refractivity contribution is 5.84. The van der Waals surface area contributed by atoms with Crippen molar-refractivity contribution in [3.8, 4) is 5.75 Å². The van der Waals surface area contributed by atoms with Gasteiger partial charge >= 0.3 is 5.97 Å². The van der Waals surface area contributed by atoms with Crippen LogP contribution in [0.2, 0.25) is 0 Å². The van der Waals surface area contributed by atoms with Crippen LogP contribution in [0.5, 0.6) is 5.75 Å². The maximum atomic E-state index is 11.9. The molecule has 1 saturated heterocycles. The third kappa shape index (κ3) is 5.64. The number of nitrogens with zero attached hydrogens (tertiary/aromatic N) is 1. The number of benzene rings is 2. The molecule has 2 fully saturated rings. The molecule has 1 atom stereocenters. The van der Waals surface area contributed by atoms with Crippen molar-refractivity contribution >= 4 is 16.7 Å². The second-order valence-corrected chi connectivity index (χ2v) is 10.9. The number of likely N-dealkylation sites (tertiary alicyclic amines) is 1. The van der Waals surface area contributed by atoms with Gasteiger partial charge < -0.3 is 9.47 Å². The quantitative estimate of drug-likeness (QED) is 0.521. The Bertz CT molecular complexity index is 924. The van der Waals surface area contributed by atoms with E-state index in [0.29, 0.717) is 11.5 Å². The van der Waals surface area contributed by atoms with Crippen molar-refractivity contribution in [2.75, 3.05) is 20.2 Å². The van der Waals surface area contributed by atoms with Crippen LogP contribution in [0.1, 0.15) is 64.9 Å². The first-order valence-corrected chi connectivity index (χ1v) is 12.3. The summed E-state index contributed by atoms with van der Waals surface area (Å²) in [6, 6.07) is 13.2. The van der Waals surface area contributed by atoms with Crippen LogP contribution < -0.4 is 4.74 Å². The smallest absolute Gasteiger partial charge is 0.309 e. The molecule has 32 heavy (non-hydrogen) atoms. The Labute approximate surface area is 193 Å². The molecule has 0 amide bonds. The number of fused-ring (bicyclic) bond motifs is 1. The van der Waals surface area contributed by atoms with Crippen LogP contribution in [0.25, 0.3) is 10.8 Å². The van der Waals surface area contributed by atoms with E-state index in [1.54, 1.807) is 0 Å². The summed E-state index contributed by atoms with van der Waals surface area (Å²) in [6.45, 7) is 9.78. The lowest BCUT2D eigenvalue weighted by molar-refractivity contribution is -0.147. The summed E-state index contributed by atoms with van der Waals surface area (Å²) in [5, 5.41) is 2.47. The van der Waals surface area contributed by atoms with Gasteiger partial charge in [0.2, 0.25) is 0 Å². The zero-order valence-corrected chi connectivity index (χ0v) is 20.2. The Balaban J connectivity index is 1.36. The van der Waals surface area contributed by atoms with Gasteiger partial charge in [-0.2, -0.15) is 0 Å². The Morgan fingerprint density at radius 3 is 2.44 bits per heavy atom. The molecule has 2 aliphatic rings. The minimum atomic E-state index is -0.0763. The molecular formula is C28H39NO3. The van der Waals surface area contributed by atoms with Crippen molar-refractivity contribution in [1.82, 2.24) is 4.90 Å². The van der Waals surface area contributed by atoms with Gasteiger partial charge in [0.25, 0.3) is 0 Å². The van der Waals surface area contributed by atoms with Crippen molar-refractivity contribution in [1.29, 1.82) is 0 Å². The van der Waals surface area contributed by atoms with E-state index in [2.05, 4.69) is 62.1 Å². The lowest BCUT2D eigenvalue weighted by Crippen LogP contribution is -2.38. The Hall–Kier alpha value is -2.07. The lowest BCUT2D eigenvalue weighted by Gasteiger charge is -2.37. The number of piperidine rings is 1. The average molecular weight is 438 g/mol. The number of hydrogen-bond acceptors (Lipinski definition) is 4. The van der Waals surface area contributed by atoms with Crippen molar-refractivity contribution in [3.63, 3.8) is 0 Å². The van der Waals surface area contributed by atoms with Crippen LogP contribution >= 0.6 is 0 Å². The largest absolute Gasteiger partial charge is 0.490 e. The normalized spacial score (nSPS) is 24.9. The predicted octanol–water partition coefficient (Wildman–Crippen LogP) is 6.21. The summed E-state index contributed by atoms with van der Waals surface area (Å²) in [5.41, 5.74) is 1.69. The minimum absolute atomic E-state index is 0.00683. The summed E-state index contributed by atoms with van der Waals surface area (Å²) < 4.78 is 11.3. The Kier molecular flexibility index (Phi) is 7.09. The van der Waals surface area contributed by atoms with E-state index in [1.165, 1.54) is 36.3 Å². The molecule has 2 aromatic carbocycles. The molecule has 1 saturated carbocycles. The molecule has 4 heteroatoms. The summed E-state index contributed by atoms with van der Waals surface area (Å²) in [4.78, 5) is 14.3. The van der Waals surface area contributed by atoms with Crippen LogP contribution in [-0.2, 0) is 16.1 Å². The van der Waals surface area contributed by atoms with Gasteiger partial charge in [-0.15, -0.1) is 0 Å². The minimum Gasteiger partial charge on any atom is -0.490 e. The molecule has 0 bridgehead atoms. The molecule has 0 aromatic heterocycles. The SMILES string of the molecule is COC(=O)C1CCCN(Cc2ccc3cc(OC4CCC(C(C)(C)C)CC4)ccc3c2)C1. The van der Waals surface area contributed by atoms with E-state index in [9.17, 15) is 4.79 Å². The first-order chi connectivity index (χ1) is 15.3. The molecule has 0 radical (unpaired) electrons. The number of rotatable bonds is 5. The summed E-state index contributed by atoms with van der Waals surface area (Å²) in [5.74, 6) is 1.72. The molecule has 1 aliphatic carbocycles. The average Bonchev–Trinajstić information content (AvgIpc) is 2.78. The second kappa shape index (κ2) is 9.82. The summed E-state index contributed by atoms with van der Waals surface area (Å²) in [6.07, 6.45) is 7.15. The van der Waals surface area contributed by atoms with Gasteiger partial charge in [-0.05, 0) is 90.9 Å². The number of carbonyl (C=O) groups excluding carboxylic acids is 1. The number of methoxy groups -OCH3 is 1. The summed E-state index contributed by atoms with van der Waals surface area (Å²) >= 11 is 0. The van der Waals surface area contributed by atoms with Crippen molar-refractivity contribution in [2.45, 2.75) is 71.9 Å². The van der Waals surface area contributed by atoms with Gasteiger partial charge in [-0.3, -0.25) is 9.69 Å². The van der Waals surface area contributed by atoms with Crippen LogP contribution in [-0.4, -0.2) is 37.2 Å². The standard InChI is InChI=1S/C28H39NO3/c1-28(2,3)24-10-13-25(14-11-24)32-26-12-9-21-16-20(7-8-22(21)17-26)18-29-15-5-6-23(19-29)27(30)31-4/h7-9,12,16-17,23-25H,5-6,10-11,13-15,18-19H2,1-4H3. The van der Waals surface area contributed by atoms with E-state index in [1.807, 2.05) is 0 Å². The highest BCUT2D eigenvalue weighted by Crippen LogP contribution is 2.39. The van der Waals surface area contributed by atoms with Crippen molar-refractivity contribution in [2.24, 2.45) is 17.3 Å². The third-order valence-corrected chi connectivity index (χ3v) is 7.52. The third-order valence-electron chi connectivity index (χ3n) is 7.52. The van der Waals surface area contributed by atoms with Gasteiger partial charge in [0.1, 0.15) is 5.75 Å². The van der Waals surface area contributed by atoms with E-state index < -0.39 is 0 Å². The molecule has 0 spiro atoms. The molecule has 2 aromatic rings. The zero-order chi connectivity index (χ0) is 22.7. The topological polar surface area (TPSA) is 38.8 Å². The first-order valence-electron chi connectivity index (χ1n) is 12.3. The maximum Gasteiger partial charge on any atom is 0.309 e. The Morgan fingerprint density at radius 1 is 1.00 bits per heavy atom. The van der Waals surface area contributed by atoms with Gasteiger partial charge in [-0.25, -0.2) is 0 Å². The number of ether oxygens (including phenoxy) is 2. The van der Waals surface area contributed by atoms with Crippen LogP contribution in [0, 0.1) is 17.3 Å². The van der Waals surface area contributed by atoms with Gasteiger partial charge in [0.15, 0.2) is 0 Å². The molecule has 4 nitrogen and oxygen atoms in total. The molecular weight excluding hydrogens is 398 g/mol. The second-order valence-electron chi connectivity index (χ2n) is 10.9. The fourth-order valence-corrected chi connectivity index (χ4v) is 5.50. The molecule has 1 heterocycles. The fraction of sp³-hybridized carbons (Fsp3) is 0.607. The van der Waals surface area contributed by atoms with Crippen LogP contribution in [0.15, 0.2) is 36.4 Å².